The van der Waals surface area contributed by atoms with Crippen LogP contribution in [0.3, 0.4) is 0 Å². The highest BCUT2D eigenvalue weighted by atomic mass is 32.2. The molecule has 2 aromatic rings. The Bertz CT molecular complexity index is 1020. The van der Waals surface area contributed by atoms with Gasteiger partial charge in [0.05, 0.1) is 34.6 Å². The summed E-state index contributed by atoms with van der Waals surface area (Å²) in [6.45, 7) is 7.00. The quantitative estimate of drug-likeness (QED) is 0.684. The van der Waals surface area contributed by atoms with Crippen LogP contribution in [0.25, 0.3) is 0 Å². The molecule has 2 aliphatic heterocycles. The van der Waals surface area contributed by atoms with E-state index < -0.39 is 9.84 Å². The lowest BCUT2D eigenvalue weighted by atomic mass is 10.1. The van der Waals surface area contributed by atoms with Gasteiger partial charge in [-0.3, -0.25) is 9.48 Å². The van der Waals surface area contributed by atoms with Crippen LogP contribution >= 0.6 is 0 Å². The van der Waals surface area contributed by atoms with Crippen molar-refractivity contribution in [3.05, 3.63) is 47.3 Å². The van der Waals surface area contributed by atoms with Gasteiger partial charge in [-0.05, 0) is 38.7 Å². The van der Waals surface area contributed by atoms with E-state index in [9.17, 15) is 13.2 Å². The Balaban J connectivity index is 1.32. The number of aromatic nitrogens is 2. The zero-order valence-corrected chi connectivity index (χ0v) is 19.3. The lowest BCUT2D eigenvalue weighted by Gasteiger charge is -2.36. The molecule has 0 spiro atoms. The number of anilines is 1. The molecule has 0 bridgehead atoms. The van der Waals surface area contributed by atoms with Crippen LogP contribution in [0.15, 0.2) is 30.3 Å². The fourth-order valence-corrected chi connectivity index (χ4v) is 6.55. The Labute approximate surface area is 184 Å². The molecule has 31 heavy (non-hydrogen) atoms. The van der Waals surface area contributed by atoms with Crippen molar-refractivity contribution in [1.82, 2.24) is 14.7 Å². The number of piperazine rings is 1. The number of carbonyl (C=O) groups is 1. The molecule has 1 aromatic carbocycles. The van der Waals surface area contributed by atoms with Gasteiger partial charge in [-0.25, -0.2) is 8.42 Å². The van der Waals surface area contributed by atoms with Crippen LogP contribution in [0.4, 0.5) is 5.69 Å². The average Bonchev–Trinajstić information content (AvgIpc) is 3.26. The van der Waals surface area contributed by atoms with Crippen LogP contribution in [-0.2, 0) is 21.1 Å². The second kappa shape index (κ2) is 9.02. The number of benzene rings is 1. The van der Waals surface area contributed by atoms with Gasteiger partial charge in [-0.1, -0.05) is 30.3 Å². The van der Waals surface area contributed by atoms with E-state index in [1.54, 1.807) is 0 Å². The van der Waals surface area contributed by atoms with Crippen molar-refractivity contribution in [2.45, 2.75) is 45.6 Å². The topological polar surface area (TPSA) is 75.5 Å². The Morgan fingerprint density at radius 2 is 1.81 bits per heavy atom. The molecule has 0 saturated carbocycles. The zero-order valence-electron chi connectivity index (χ0n) is 18.5. The summed E-state index contributed by atoms with van der Waals surface area (Å²) < 4.78 is 25.7. The number of hydrogen-bond acceptors (Lipinski definition) is 5. The smallest absolute Gasteiger partial charge is 0.222 e. The molecule has 168 valence electrons. The van der Waals surface area contributed by atoms with E-state index in [1.807, 2.05) is 41.6 Å². The number of nitrogens with zero attached hydrogens (tertiary/aromatic N) is 4. The maximum Gasteiger partial charge on any atom is 0.222 e. The number of sulfone groups is 1. The molecule has 2 fully saturated rings. The highest BCUT2D eigenvalue weighted by Crippen LogP contribution is 2.31. The summed E-state index contributed by atoms with van der Waals surface area (Å²) in [6, 6.07) is 10.2. The average molecular weight is 445 g/mol. The van der Waals surface area contributed by atoms with Gasteiger partial charge in [-0.2, -0.15) is 5.10 Å². The minimum Gasteiger partial charge on any atom is -0.365 e. The third-order valence-electron chi connectivity index (χ3n) is 6.49. The maximum atomic E-state index is 12.6. The van der Waals surface area contributed by atoms with Gasteiger partial charge in [0, 0.05) is 32.6 Å². The lowest BCUT2D eigenvalue weighted by Crippen LogP contribution is -2.49. The van der Waals surface area contributed by atoms with Crippen LogP contribution < -0.4 is 4.90 Å². The molecule has 3 heterocycles. The predicted molar refractivity (Wildman–Crippen MR) is 122 cm³/mol. The van der Waals surface area contributed by atoms with Gasteiger partial charge in [0.2, 0.25) is 5.91 Å². The molecule has 0 N–H and O–H groups in total. The summed E-state index contributed by atoms with van der Waals surface area (Å²) in [7, 11) is -2.95. The highest BCUT2D eigenvalue weighted by Gasteiger charge is 2.33. The van der Waals surface area contributed by atoms with Crippen molar-refractivity contribution in [1.29, 1.82) is 0 Å². The Morgan fingerprint density at radius 1 is 1.10 bits per heavy atom. The van der Waals surface area contributed by atoms with Gasteiger partial charge in [0.1, 0.15) is 0 Å². The molecule has 2 aliphatic rings. The van der Waals surface area contributed by atoms with E-state index in [1.165, 1.54) is 5.56 Å². The monoisotopic (exact) mass is 444 g/mol. The standard InChI is InChI=1S/C23H32N4O3S/c1-18-23(19(2)27(24-18)21-11-16-31(29,30)17-21)26-14-12-25(13-15-26)22(28)10-6-9-20-7-4-3-5-8-20/h3-5,7-8,21H,6,9-17H2,1-2H3. The largest absolute Gasteiger partial charge is 0.365 e. The second-order valence-corrected chi connectivity index (χ2v) is 11.0. The fourth-order valence-electron chi connectivity index (χ4n) is 4.86. The molecule has 1 unspecified atom stereocenters. The molecule has 1 atom stereocenters. The molecule has 0 radical (unpaired) electrons. The van der Waals surface area contributed by atoms with Crippen molar-refractivity contribution in [2.24, 2.45) is 0 Å². The maximum absolute atomic E-state index is 12.6. The van der Waals surface area contributed by atoms with Crippen molar-refractivity contribution >= 4 is 21.4 Å². The number of aryl methyl sites for hydroxylation is 2. The van der Waals surface area contributed by atoms with E-state index in [-0.39, 0.29) is 23.5 Å². The van der Waals surface area contributed by atoms with Crippen LogP contribution in [0.5, 0.6) is 0 Å². The first-order valence-electron chi connectivity index (χ1n) is 11.2. The van der Waals surface area contributed by atoms with Gasteiger partial charge >= 0.3 is 0 Å². The second-order valence-electron chi connectivity index (χ2n) is 8.73. The molecule has 0 aliphatic carbocycles. The number of rotatable bonds is 6. The van der Waals surface area contributed by atoms with Gasteiger partial charge in [0.15, 0.2) is 9.84 Å². The third-order valence-corrected chi connectivity index (χ3v) is 8.24. The van der Waals surface area contributed by atoms with Crippen LogP contribution in [0.2, 0.25) is 0 Å². The molecule has 2 saturated heterocycles. The van der Waals surface area contributed by atoms with Gasteiger partial charge in [0.25, 0.3) is 0 Å². The number of carbonyl (C=O) groups excluding carboxylic acids is 1. The van der Waals surface area contributed by atoms with Gasteiger partial charge < -0.3 is 9.80 Å². The van der Waals surface area contributed by atoms with E-state index in [0.717, 1.165) is 43.0 Å². The highest BCUT2D eigenvalue weighted by molar-refractivity contribution is 7.91. The summed E-state index contributed by atoms with van der Waals surface area (Å²) in [5.74, 6) is 0.659. The summed E-state index contributed by atoms with van der Waals surface area (Å²) in [6.07, 6.45) is 3.02. The van der Waals surface area contributed by atoms with Crippen LogP contribution in [0.1, 0.15) is 42.3 Å². The van der Waals surface area contributed by atoms with Crippen molar-refractivity contribution < 1.29 is 13.2 Å². The summed E-state index contributed by atoms with van der Waals surface area (Å²) in [5.41, 5.74) is 4.34. The summed E-state index contributed by atoms with van der Waals surface area (Å²) in [4.78, 5) is 16.9. The van der Waals surface area contributed by atoms with Crippen molar-refractivity contribution in [2.75, 3.05) is 42.6 Å². The van der Waals surface area contributed by atoms with Gasteiger partial charge in [-0.15, -0.1) is 0 Å². The van der Waals surface area contributed by atoms with Crippen molar-refractivity contribution in [3.63, 3.8) is 0 Å². The van der Waals surface area contributed by atoms with Crippen molar-refractivity contribution in [3.8, 4) is 0 Å². The fraction of sp³-hybridized carbons (Fsp3) is 0.565. The van der Waals surface area contributed by atoms with E-state index in [0.29, 0.717) is 25.9 Å². The first-order chi connectivity index (χ1) is 14.8. The SMILES string of the molecule is Cc1nn(C2CCS(=O)(=O)C2)c(C)c1N1CCN(C(=O)CCCc2ccccc2)CC1. The number of hydrogen-bond donors (Lipinski definition) is 0. The molecule has 4 rings (SSSR count). The van der Waals surface area contributed by atoms with Crippen LogP contribution in [0, 0.1) is 13.8 Å². The normalized spacial score (nSPS) is 20.9. The van der Waals surface area contributed by atoms with E-state index >= 15 is 0 Å². The third kappa shape index (κ3) is 4.95. The lowest BCUT2D eigenvalue weighted by molar-refractivity contribution is -0.131. The molecule has 7 nitrogen and oxygen atoms in total. The molecular weight excluding hydrogens is 412 g/mol. The van der Waals surface area contributed by atoms with E-state index in [2.05, 4.69) is 22.1 Å². The first-order valence-corrected chi connectivity index (χ1v) is 13.0. The Hall–Kier alpha value is -2.35. The van der Waals surface area contributed by atoms with Crippen LogP contribution in [-0.4, -0.2) is 66.7 Å². The summed E-state index contributed by atoms with van der Waals surface area (Å²) in [5, 5.41) is 4.69. The zero-order chi connectivity index (χ0) is 22.0. The predicted octanol–water partition coefficient (Wildman–Crippen LogP) is 2.53. The number of amides is 1. The Kier molecular flexibility index (Phi) is 6.36. The molecule has 1 aromatic heterocycles. The molecular formula is C23H32N4O3S. The van der Waals surface area contributed by atoms with E-state index in [4.69, 9.17) is 0 Å². The summed E-state index contributed by atoms with van der Waals surface area (Å²) >= 11 is 0. The first kappa shape index (κ1) is 21.9. The molecule has 1 amide bonds. The minimum atomic E-state index is -2.95. The Morgan fingerprint density at radius 3 is 2.45 bits per heavy atom. The molecule has 8 heteroatoms. The minimum absolute atomic E-state index is 0.0649.